The molecular formula is C22H17N3O4. The molecule has 0 saturated heterocycles. The topological polar surface area (TPSA) is 94.3 Å². The van der Waals surface area contributed by atoms with Crippen LogP contribution in [-0.4, -0.2) is 15.9 Å². The molecule has 4 rings (SSSR count). The number of hydrogen-bond donors (Lipinski definition) is 1. The number of aromatic nitrogens is 2. The molecule has 1 amide bonds. The third kappa shape index (κ3) is 4.14. The summed E-state index contributed by atoms with van der Waals surface area (Å²) < 4.78 is 10.9. The number of benzene rings is 2. The Morgan fingerprint density at radius 1 is 0.966 bits per heavy atom. The highest BCUT2D eigenvalue weighted by Crippen LogP contribution is 2.21. The number of nitrogens with zero attached hydrogens (tertiary/aromatic N) is 2. The molecule has 0 unspecified atom stereocenters. The number of ether oxygens (including phenoxy) is 1. The van der Waals surface area contributed by atoms with Gasteiger partial charge in [-0.3, -0.25) is 4.79 Å². The van der Waals surface area contributed by atoms with E-state index in [0.717, 1.165) is 11.4 Å². The Morgan fingerprint density at radius 2 is 1.66 bits per heavy atom. The number of carbonyl (C=O) groups excluding carboxylic acids is 1. The zero-order valence-corrected chi connectivity index (χ0v) is 15.8. The number of amides is 1. The first-order chi connectivity index (χ1) is 14.0. The minimum absolute atomic E-state index is 0.0623. The van der Waals surface area contributed by atoms with Crippen molar-refractivity contribution < 1.29 is 13.9 Å². The van der Waals surface area contributed by atoms with Gasteiger partial charge in [0.25, 0.3) is 5.91 Å². The number of nitrogens with one attached hydrogen (secondary N) is 1. The lowest BCUT2D eigenvalue weighted by Gasteiger charge is -2.08. The molecule has 2 heterocycles. The van der Waals surface area contributed by atoms with Crippen LogP contribution in [0.25, 0.3) is 11.0 Å². The number of carbonyl (C=O) groups is 1. The van der Waals surface area contributed by atoms with Crippen molar-refractivity contribution in [3.63, 3.8) is 0 Å². The number of hydrogen-bond acceptors (Lipinski definition) is 6. The Bertz CT molecular complexity index is 1240. The Morgan fingerprint density at radius 3 is 2.38 bits per heavy atom. The molecule has 7 heteroatoms. The molecule has 0 aliphatic carbocycles. The van der Waals surface area contributed by atoms with E-state index in [2.05, 4.69) is 15.3 Å². The number of para-hydroxylation sites is 1. The summed E-state index contributed by atoms with van der Waals surface area (Å²) in [5.74, 6) is -0.0194. The second-order valence-electron chi connectivity index (χ2n) is 6.50. The maximum Gasteiger partial charge on any atom is 0.349 e. The van der Waals surface area contributed by atoms with Crippen LogP contribution in [0.4, 0.5) is 5.69 Å². The van der Waals surface area contributed by atoms with Crippen LogP contribution in [0.1, 0.15) is 21.7 Å². The first-order valence-electron chi connectivity index (χ1n) is 8.92. The fourth-order valence-corrected chi connectivity index (χ4v) is 2.87. The summed E-state index contributed by atoms with van der Waals surface area (Å²) in [6.45, 7) is 3.73. The minimum atomic E-state index is -0.687. The Balaban J connectivity index is 1.50. The average Bonchev–Trinajstić information content (AvgIpc) is 2.68. The Labute approximate surface area is 166 Å². The van der Waals surface area contributed by atoms with E-state index < -0.39 is 11.5 Å². The molecule has 0 fully saturated rings. The van der Waals surface area contributed by atoms with E-state index in [1.54, 1.807) is 42.5 Å². The molecule has 0 radical (unpaired) electrons. The van der Waals surface area contributed by atoms with Gasteiger partial charge in [0.1, 0.15) is 16.9 Å². The lowest BCUT2D eigenvalue weighted by molar-refractivity contribution is 0.102. The van der Waals surface area contributed by atoms with Crippen molar-refractivity contribution in [1.29, 1.82) is 0 Å². The van der Waals surface area contributed by atoms with Gasteiger partial charge < -0.3 is 14.5 Å². The normalized spacial score (nSPS) is 10.7. The summed E-state index contributed by atoms with van der Waals surface area (Å²) in [7, 11) is 0. The summed E-state index contributed by atoms with van der Waals surface area (Å²) in [4.78, 5) is 33.1. The molecule has 0 aliphatic heterocycles. The monoisotopic (exact) mass is 387 g/mol. The quantitative estimate of drug-likeness (QED) is 0.526. The molecule has 0 saturated carbocycles. The zero-order chi connectivity index (χ0) is 20.4. The Kier molecular flexibility index (Phi) is 4.78. The fourth-order valence-electron chi connectivity index (χ4n) is 2.87. The lowest BCUT2D eigenvalue weighted by atomic mass is 10.1. The first kappa shape index (κ1) is 18.4. The third-order valence-electron chi connectivity index (χ3n) is 4.17. The molecule has 7 nitrogen and oxygen atoms in total. The molecule has 144 valence electrons. The van der Waals surface area contributed by atoms with Crippen molar-refractivity contribution in [3.8, 4) is 11.8 Å². The molecule has 2 aromatic carbocycles. The van der Waals surface area contributed by atoms with Gasteiger partial charge in [0.2, 0.25) is 0 Å². The summed E-state index contributed by atoms with van der Waals surface area (Å²) in [5, 5.41) is 3.36. The van der Waals surface area contributed by atoms with Gasteiger partial charge in [-0.1, -0.05) is 18.2 Å². The molecule has 0 atom stereocenters. The third-order valence-corrected chi connectivity index (χ3v) is 4.17. The van der Waals surface area contributed by atoms with Gasteiger partial charge >= 0.3 is 11.6 Å². The lowest BCUT2D eigenvalue weighted by Crippen LogP contribution is -2.20. The zero-order valence-electron chi connectivity index (χ0n) is 15.8. The van der Waals surface area contributed by atoms with Crippen LogP contribution in [-0.2, 0) is 0 Å². The molecule has 4 aromatic rings. The van der Waals surface area contributed by atoms with E-state index >= 15 is 0 Å². The van der Waals surface area contributed by atoms with Crippen LogP contribution in [0.2, 0.25) is 0 Å². The summed E-state index contributed by atoms with van der Waals surface area (Å²) in [6.07, 6.45) is 0. The molecule has 29 heavy (non-hydrogen) atoms. The van der Waals surface area contributed by atoms with Gasteiger partial charge in [0.05, 0.1) is 0 Å². The van der Waals surface area contributed by atoms with Crippen molar-refractivity contribution in [3.05, 3.63) is 88.0 Å². The number of fused-ring (bicyclic) bond motifs is 1. The SMILES string of the molecule is Cc1cc(C)nc(Oc2ccc(NC(=O)c3cc4ccccc4oc3=O)cc2)n1. The van der Waals surface area contributed by atoms with Crippen LogP contribution >= 0.6 is 0 Å². The van der Waals surface area contributed by atoms with E-state index in [1.165, 1.54) is 6.07 Å². The maximum atomic E-state index is 12.5. The molecule has 2 aromatic heterocycles. The van der Waals surface area contributed by atoms with Gasteiger partial charge in [0.15, 0.2) is 0 Å². The van der Waals surface area contributed by atoms with Crippen molar-refractivity contribution in [2.75, 3.05) is 5.32 Å². The molecule has 0 bridgehead atoms. The number of aryl methyl sites for hydroxylation is 2. The predicted molar refractivity (Wildman–Crippen MR) is 108 cm³/mol. The largest absolute Gasteiger partial charge is 0.424 e. The van der Waals surface area contributed by atoms with Crippen LogP contribution in [0.15, 0.2) is 69.9 Å². The summed E-state index contributed by atoms with van der Waals surface area (Å²) in [5.41, 5.74) is 1.82. The highest BCUT2D eigenvalue weighted by atomic mass is 16.5. The van der Waals surface area contributed by atoms with Crippen molar-refractivity contribution >= 4 is 22.6 Å². The summed E-state index contributed by atoms with van der Waals surface area (Å²) >= 11 is 0. The minimum Gasteiger partial charge on any atom is -0.424 e. The van der Waals surface area contributed by atoms with E-state index in [1.807, 2.05) is 26.0 Å². The van der Waals surface area contributed by atoms with E-state index in [-0.39, 0.29) is 11.6 Å². The van der Waals surface area contributed by atoms with Crippen molar-refractivity contribution in [1.82, 2.24) is 9.97 Å². The van der Waals surface area contributed by atoms with Crippen molar-refractivity contribution in [2.24, 2.45) is 0 Å². The van der Waals surface area contributed by atoms with E-state index in [9.17, 15) is 9.59 Å². The standard InChI is InChI=1S/C22H17N3O4/c1-13-11-14(2)24-22(23-13)28-17-9-7-16(8-10-17)25-20(26)18-12-15-5-3-4-6-19(15)29-21(18)27/h3-12H,1-2H3,(H,25,26). The fraction of sp³-hybridized carbons (Fsp3) is 0.0909. The van der Waals surface area contributed by atoms with Gasteiger partial charge in [0, 0.05) is 22.5 Å². The van der Waals surface area contributed by atoms with Crippen LogP contribution < -0.4 is 15.7 Å². The highest BCUT2D eigenvalue weighted by molar-refractivity contribution is 6.05. The maximum absolute atomic E-state index is 12.5. The predicted octanol–water partition coefficient (Wildman–Crippen LogP) is 4.24. The molecule has 0 spiro atoms. The average molecular weight is 387 g/mol. The van der Waals surface area contributed by atoms with E-state index in [0.29, 0.717) is 22.4 Å². The first-order valence-corrected chi connectivity index (χ1v) is 8.92. The van der Waals surface area contributed by atoms with Gasteiger partial charge in [-0.05, 0) is 56.3 Å². The van der Waals surface area contributed by atoms with Crippen LogP contribution in [0.5, 0.6) is 11.8 Å². The van der Waals surface area contributed by atoms with Gasteiger partial charge in [-0.25, -0.2) is 14.8 Å². The number of rotatable bonds is 4. The van der Waals surface area contributed by atoms with Crippen LogP contribution in [0, 0.1) is 13.8 Å². The smallest absolute Gasteiger partial charge is 0.349 e. The second-order valence-corrected chi connectivity index (χ2v) is 6.50. The summed E-state index contributed by atoms with van der Waals surface area (Å²) in [6, 6.07) is 17.3. The van der Waals surface area contributed by atoms with Gasteiger partial charge in [-0.15, -0.1) is 0 Å². The Hall–Kier alpha value is -4.00. The van der Waals surface area contributed by atoms with Crippen molar-refractivity contribution in [2.45, 2.75) is 13.8 Å². The number of anilines is 1. The van der Waals surface area contributed by atoms with Gasteiger partial charge in [-0.2, -0.15) is 0 Å². The molecule has 1 N–H and O–H groups in total. The van der Waals surface area contributed by atoms with Crippen LogP contribution in [0.3, 0.4) is 0 Å². The molecule has 0 aliphatic rings. The molecular weight excluding hydrogens is 370 g/mol. The second kappa shape index (κ2) is 7.55. The highest BCUT2D eigenvalue weighted by Gasteiger charge is 2.14. The van der Waals surface area contributed by atoms with E-state index in [4.69, 9.17) is 9.15 Å².